The van der Waals surface area contributed by atoms with Crippen molar-refractivity contribution in [2.75, 3.05) is 11.1 Å². The molecule has 0 aliphatic carbocycles. The third kappa shape index (κ3) is 2.88. The fraction of sp³-hybridized carbons (Fsp3) is 0.235. The van der Waals surface area contributed by atoms with E-state index in [2.05, 4.69) is 15.3 Å². The lowest BCUT2D eigenvalue weighted by Crippen LogP contribution is -2.19. The van der Waals surface area contributed by atoms with Crippen LogP contribution in [0.15, 0.2) is 41.3 Å². The third-order valence-electron chi connectivity index (χ3n) is 3.84. The van der Waals surface area contributed by atoms with Gasteiger partial charge in [-0.1, -0.05) is 0 Å². The quantitative estimate of drug-likeness (QED) is 0.726. The van der Waals surface area contributed by atoms with E-state index < -0.39 is 0 Å². The number of anilines is 2. The van der Waals surface area contributed by atoms with Gasteiger partial charge >= 0.3 is 0 Å². The summed E-state index contributed by atoms with van der Waals surface area (Å²) in [5.74, 6) is 0.683. The second-order valence-electron chi connectivity index (χ2n) is 5.65. The molecule has 2 aromatic heterocycles. The van der Waals surface area contributed by atoms with Crippen LogP contribution >= 0.6 is 0 Å². The number of pyridine rings is 1. The molecule has 118 valence electrons. The number of nitrogens with zero attached hydrogens (tertiary/aromatic N) is 3. The summed E-state index contributed by atoms with van der Waals surface area (Å²) in [5, 5.41) is 4.22. The summed E-state index contributed by atoms with van der Waals surface area (Å²) < 4.78 is 1.60. The lowest BCUT2D eigenvalue weighted by atomic mass is 10.1. The molecule has 0 aliphatic heterocycles. The van der Waals surface area contributed by atoms with Gasteiger partial charge in [0.15, 0.2) is 0 Å². The van der Waals surface area contributed by atoms with Crippen LogP contribution < -0.4 is 16.6 Å². The lowest BCUT2D eigenvalue weighted by Gasteiger charge is -2.17. The molecule has 6 nitrogen and oxygen atoms in total. The standard InChI is InChI=1S/C17H19N5O/c1-10-6-7-19-17(20-10)11(2)21-14-9-16(23)22(3)15-5-4-12(18)8-13(14)15/h4-9,11,21H,18H2,1-3H3. The third-order valence-corrected chi connectivity index (χ3v) is 3.84. The van der Waals surface area contributed by atoms with Gasteiger partial charge in [-0.3, -0.25) is 4.79 Å². The van der Waals surface area contributed by atoms with Crippen LogP contribution in [0.1, 0.15) is 24.5 Å². The van der Waals surface area contributed by atoms with Gasteiger partial charge in [-0.25, -0.2) is 9.97 Å². The van der Waals surface area contributed by atoms with Gasteiger partial charge in [0.2, 0.25) is 0 Å². The van der Waals surface area contributed by atoms with Crippen molar-refractivity contribution in [3.05, 3.63) is 58.4 Å². The molecule has 6 heteroatoms. The van der Waals surface area contributed by atoms with Crippen molar-refractivity contribution in [3.8, 4) is 0 Å². The van der Waals surface area contributed by atoms with Crippen molar-refractivity contribution in [2.45, 2.75) is 19.9 Å². The van der Waals surface area contributed by atoms with Crippen LogP contribution in [0.25, 0.3) is 10.9 Å². The van der Waals surface area contributed by atoms with Crippen LogP contribution in [0, 0.1) is 6.92 Å². The Balaban J connectivity index is 2.07. The van der Waals surface area contributed by atoms with Gasteiger partial charge in [0.1, 0.15) is 5.82 Å². The van der Waals surface area contributed by atoms with Crippen molar-refractivity contribution in [3.63, 3.8) is 0 Å². The predicted molar refractivity (Wildman–Crippen MR) is 92.4 cm³/mol. The molecule has 2 heterocycles. The maximum atomic E-state index is 12.2. The number of hydrogen-bond donors (Lipinski definition) is 2. The minimum absolute atomic E-state index is 0.0814. The van der Waals surface area contributed by atoms with E-state index in [-0.39, 0.29) is 11.6 Å². The molecule has 3 rings (SSSR count). The van der Waals surface area contributed by atoms with Crippen molar-refractivity contribution in [1.29, 1.82) is 0 Å². The Morgan fingerprint density at radius 2 is 2.04 bits per heavy atom. The molecule has 0 spiro atoms. The van der Waals surface area contributed by atoms with Crippen molar-refractivity contribution in [1.82, 2.24) is 14.5 Å². The molecule has 0 bridgehead atoms. The van der Waals surface area contributed by atoms with E-state index in [4.69, 9.17) is 5.73 Å². The highest BCUT2D eigenvalue weighted by molar-refractivity contribution is 5.93. The highest BCUT2D eigenvalue weighted by Gasteiger charge is 2.13. The number of nitrogen functional groups attached to an aromatic ring is 1. The molecular weight excluding hydrogens is 290 g/mol. The van der Waals surface area contributed by atoms with E-state index in [0.717, 1.165) is 22.3 Å². The molecule has 1 aromatic carbocycles. The van der Waals surface area contributed by atoms with Gasteiger partial charge in [0, 0.05) is 41.8 Å². The zero-order chi connectivity index (χ0) is 16.6. The Morgan fingerprint density at radius 1 is 1.26 bits per heavy atom. The Labute approximate surface area is 134 Å². The zero-order valence-electron chi connectivity index (χ0n) is 13.4. The van der Waals surface area contributed by atoms with Gasteiger partial charge in [-0.15, -0.1) is 0 Å². The Hall–Kier alpha value is -2.89. The van der Waals surface area contributed by atoms with Crippen molar-refractivity contribution < 1.29 is 0 Å². The lowest BCUT2D eigenvalue weighted by molar-refractivity contribution is 0.780. The molecule has 0 saturated carbocycles. The summed E-state index contributed by atoms with van der Waals surface area (Å²) in [6.07, 6.45) is 1.73. The smallest absolute Gasteiger partial charge is 0.252 e. The van der Waals surface area contributed by atoms with Gasteiger partial charge in [-0.2, -0.15) is 0 Å². The number of benzene rings is 1. The number of nitrogens with two attached hydrogens (primary N) is 1. The first-order valence-corrected chi connectivity index (χ1v) is 7.41. The zero-order valence-corrected chi connectivity index (χ0v) is 13.4. The summed E-state index contributed by atoms with van der Waals surface area (Å²) in [4.78, 5) is 20.9. The molecule has 23 heavy (non-hydrogen) atoms. The first-order valence-electron chi connectivity index (χ1n) is 7.41. The maximum Gasteiger partial charge on any atom is 0.252 e. The summed E-state index contributed by atoms with van der Waals surface area (Å²) in [6, 6.07) is 8.80. The van der Waals surface area contributed by atoms with Crippen molar-refractivity contribution in [2.24, 2.45) is 7.05 Å². The van der Waals surface area contributed by atoms with Gasteiger partial charge < -0.3 is 15.6 Å². The topological polar surface area (TPSA) is 85.8 Å². The van der Waals surface area contributed by atoms with E-state index >= 15 is 0 Å². The summed E-state index contributed by atoms with van der Waals surface area (Å²) >= 11 is 0. The highest BCUT2D eigenvalue weighted by atomic mass is 16.1. The van der Waals surface area contributed by atoms with Crippen LogP contribution in [0.3, 0.4) is 0 Å². The van der Waals surface area contributed by atoms with E-state index in [9.17, 15) is 4.79 Å². The molecule has 0 fully saturated rings. The summed E-state index contributed by atoms with van der Waals surface area (Å²) in [7, 11) is 1.75. The van der Waals surface area contributed by atoms with E-state index in [1.165, 1.54) is 0 Å². The number of nitrogens with one attached hydrogen (secondary N) is 1. The van der Waals surface area contributed by atoms with Gasteiger partial charge in [-0.05, 0) is 38.1 Å². The summed E-state index contributed by atoms with van der Waals surface area (Å²) in [5.41, 5.74) is 8.93. The Bertz CT molecular complexity index is 932. The van der Waals surface area contributed by atoms with Crippen LogP contribution in [0.5, 0.6) is 0 Å². The molecule has 3 N–H and O–H groups in total. The Morgan fingerprint density at radius 3 is 2.78 bits per heavy atom. The van der Waals surface area contributed by atoms with E-state index in [1.807, 2.05) is 32.0 Å². The normalized spacial score (nSPS) is 12.3. The molecule has 0 amide bonds. The Kier molecular flexibility index (Phi) is 3.73. The predicted octanol–water partition coefficient (Wildman–Crippen LogP) is 2.39. The molecule has 1 atom stereocenters. The van der Waals surface area contributed by atoms with Crippen molar-refractivity contribution >= 4 is 22.3 Å². The first-order chi connectivity index (χ1) is 11.0. The average molecular weight is 309 g/mol. The minimum Gasteiger partial charge on any atom is -0.399 e. The maximum absolute atomic E-state index is 12.2. The van der Waals surface area contributed by atoms with Gasteiger partial charge in [0.25, 0.3) is 5.56 Å². The average Bonchev–Trinajstić information content (AvgIpc) is 2.52. The SMILES string of the molecule is Cc1ccnc(C(C)Nc2cc(=O)n(C)c3ccc(N)cc23)n1. The molecule has 3 aromatic rings. The van der Waals surface area contributed by atoms with Gasteiger partial charge in [0.05, 0.1) is 11.6 Å². The first kappa shape index (κ1) is 15.0. The van der Waals surface area contributed by atoms with Crippen LogP contribution in [-0.4, -0.2) is 14.5 Å². The highest BCUT2D eigenvalue weighted by Crippen LogP contribution is 2.26. The monoisotopic (exact) mass is 309 g/mol. The molecular formula is C17H19N5O. The number of aromatic nitrogens is 3. The second kappa shape index (κ2) is 5.72. The second-order valence-corrected chi connectivity index (χ2v) is 5.65. The fourth-order valence-electron chi connectivity index (χ4n) is 2.57. The van der Waals surface area contributed by atoms with E-state index in [1.54, 1.807) is 29.9 Å². The molecule has 0 aliphatic rings. The fourth-order valence-corrected chi connectivity index (χ4v) is 2.57. The van der Waals surface area contributed by atoms with E-state index in [0.29, 0.717) is 11.5 Å². The van der Waals surface area contributed by atoms with Crippen LogP contribution in [0.4, 0.5) is 11.4 Å². The minimum atomic E-state index is -0.133. The number of aryl methyl sites for hydroxylation is 2. The number of fused-ring (bicyclic) bond motifs is 1. The number of rotatable bonds is 3. The molecule has 0 radical (unpaired) electrons. The molecule has 0 saturated heterocycles. The van der Waals surface area contributed by atoms with Crippen LogP contribution in [0.2, 0.25) is 0 Å². The largest absolute Gasteiger partial charge is 0.399 e. The molecule has 1 unspecified atom stereocenters. The van der Waals surface area contributed by atoms with Crippen LogP contribution in [-0.2, 0) is 7.05 Å². The summed E-state index contributed by atoms with van der Waals surface area (Å²) in [6.45, 7) is 3.89. The number of hydrogen-bond acceptors (Lipinski definition) is 5.